The van der Waals surface area contributed by atoms with Crippen LogP contribution in [-0.4, -0.2) is 18.2 Å². The number of ether oxygens (including phenoxy) is 1. The van der Waals surface area contributed by atoms with Gasteiger partial charge in [0.1, 0.15) is 0 Å². The molecule has 0 saturated carbocycles. The molecule has 3 nitrogen and oxygen atoms in total. The molecule has 0 atom stereocenters. The molecule has 4 heteroatoms. The smallest absolute Gasteiger partial charge is 0.328 e. The van der Waals surface area contributed by atoms with Crippen LogP contribution >= 0.6 is 0 Å². The van der Waals surface area contributed by atoms with E-state index in [-0.39, 0.29) is 5.75 Å². The fourth-order valence-electron chi connectivity index (χ4n) is 0.948. The second-order valence-electron chi connectivity index (χ2n) is 2.57. The first-order chi connectivity index (χ1) is 6.63. The predicted octanol–water partition coefficient (Wildman–Crippen LogP) is 1.93. The summed E-state index contributed by atoms with van der Waals surface area (Å²) in [5, 5.41) is 8.36. The minimum Gasteiger partial charge on any atom is -0.494 e. The van der Waals surface area contributed by atoms with Crippen molar-refractivity contribution < 1.29 is 19.0 Å². The Balaban J connectivity index is 2.95. The lowest BCUT2D eigenvalue weighted by Crippen LogP contribution is -1.89. The maximum atomic E-state index is 12.9. The number of methoxy groups -OCH3 is 1. The molecule has 0 radical (unpaired) electrons. The van der Waals surface area contributed by atoms with Gasteiger partial charge in [0.25, 0.3) is 0 Å². The lowest BCUT2D eigenvalue weighted by atomic mass is 10.2. The Morgan fingerprint density at radius 1 is 1.57 bits per heavy atom. The number of carbonyl (C=O) groups is 1. The Morgan fingerprint density at radius 2 is 2.29 bits per heavy atom. The van der Waals surface area contributed by atoms with Crippen molar-refractivity contribution in [3.8, 4) is 5.75 Å². The highest BCUT2D eigenvalue weighted by Gasteiger charge is 2.01. The molecule has 1 N–H and O–H groups in total. The van der Waals surface area contributed by atoms with E-state index < -0.39 is 11.8 Å². The summed E-state index contributed by atoms with van der Waals surface area (Å²) in [6.45, 7) is 0. The van der Waals surface area contributed by atoms with Crippen molar-refractivity contribution in [3.63, 3.8) is 0 Å². The van der Waals surface area contributed by atoms with Crippen molar-refractivity contribution in [2.45, 2.75) is 0 Å². The van der Waals surface area contributed by atoms with Crippen molar-refractivity contribution in [3.05, 3.63) is 35.7 Å². The average molecular weight is 196 g/mol. The van der Waals surface area contributed by atoms with Crippen LogP contribution in [0, 0.1) is 5.82 Å². The number of rotatable bonds is 3. The van der Waals surface area contributed by atoms with E-state index in [4.69, 9.17) is 9.84 Å². The van der Waals surface area contributed by atoms with Crippen LogP contribution in [0.3, 0.4) is 0 Å². The summed E-state index contributed by atoms with van der Waals surface area (Å²) < 4.78 is 17.6. The van der Waals surface area contributed by atoms with Crippen LogP contribution in [-0.2, 0) is 4.79 Å². The van der Waals surface area contributed by atoms with E-state index in [2.05, 4.69) is 0 Å². The molecule has 0 aliphatic rings. The van der Waals surface area contributed by atoms with Crippen LogP contribution in [0.2, 0.25) is 0 Å². The van der Waals surface area contributed by atoms with Gasteiger partial charge in [0.05, 0.1) is 7.11 Å². The molecule has 0 aromatic heterocycles. The molecular formula is C10H9FO3. The quantitative estimate of drug-likeness (QED) is 0.751. The van der Waals surface area contributed by atoms with E-state index >= 15 is 0 Å². The highest BCUT2D eigenvalue weighted by atomic mass is 19.1. The Labute approximate surface area is 80.4 Å². The first-order valence-electron chi connectivity index (χ1n) is 3.88. The molecule has 1 rings (SSSR count). The molecule has 0 bridgehead atoms. The zero-order chi connectivity index (χ0) is 10.6. The second-order valence-corrected chi connectivity index (χ2v) is 2.57. The lowest BCUT2D eigenvalue weighted by Gasteiger charge is -2.01. The van der Waals surface area contributed by atoms with Crippen molar-refractivity contribution in [2.75, 3.05) is 7.11 Å². The third kappa shape index (κ3) is 2.58. The van der Waals surface area contributed by atoms with Gasteiger partial charge in [-0.15, -0.1) is 0 Å². The van der Waals surface area contributed by atoms with Gasteiger partial charge < -0.3 is 9.84 Å². The van der Waals surface area contributed by atoms with Gasteiger partial charge in [0, 0.05) is 6.08 Å². The minimum atomic E-state index is -1.05. The van der Waals surface area contributed by atoms with E-state index in [1.165, 1.54) is 31.4 Å². The summed E-state index contributed by atoms with van der Waals surface area (Å²) in [7, 11) is 1.35. The maximum Gasteiger partial charge on any atom is 0.328 e. The molecule has 0 spiro atoms. The molecule has 0 aliphatic heterocycles. The van der Waals surface area contributed by atoms with E-state index in [9.17, 15) is 9.18 Å². The van der Waals surface area contributed by atoms with Crippen molar-refractivity contribution in [2.24, 2.45) is 0 Å². The summed E-state index contributed by atoms with van der Waals surface area (Å²) in [6, 6.07) is 4.12. The topological polar surface area (TPSA) is 46.5 Å². The zero-order valence-corrected chi connectivity index (χ0v) is 7.53. The second kappa shape index (κ2) is 4.41. The largest absolute Gasteiger partial charge is 0.494 e. The highest BCUT2D eigenvalue weighted by molar-refractivity contribution is 5.85. The molecule has 0 aliphatic carbocycles. The maximum absolute atomic E-state index is 12.9. The highest BCUT2D eigenvalue weighted by Crippen LogP contribution is 2.18. The molecule has 1 aromatic carbocycles. The summed E-state index contributed by atoms with van der Waals surface area (Å²) in [5.74, 6) is -1.43. The van der Waals surface area contributed by atoms with Gasteiger partial charge in [-0.3, -0.25) is 0 Å². The minimum absolute atomic E-state index is 0.0949. The van der Waals surface area contributed by atoms with Gasteiger partial charge >= 0.3 is 5.97 Å². The van der Waals surface area contributed by atoms with E-state index in [0.29, 0.717) is 5.56 Å². The molecule has 0 unspecified atom stereocenters. The van der Waals surface area contributed by atoms with Crippen molar-refractivity contribution >= 4 is 12.0 Å². The third-order valence-electron chi connectivity index (χ3n) is 1.59. The number of hydrogen-bond donors (Lipinski definition) is 1. The van der Waals surface area contributed by atoms with E-state index in [1.54, 1.807) is 0 Å². The number of aliphatic carboxylic acids is 1. The van der Waals surface area contributed by atoms with Gasteiger partial charge in [-0.25, -0.2) is 9.18 Å². The summed E-state index contributed by atoms with van der Waals surface area (Å²) in [6.07, 6.45) is 2.34. The fourth-order valence-corrected chi connectivity index (χ4v) is 0.948. The molecule has 0 heterocycles. The number of hydrogen-bond acceptors (Lipinski definition) is 2. The van der Waals surface area contributed by atoms with Crippen LogP contribution in [0.15, 0.2) is 24.3 Å². The average Bonchev–Trinajstić information content (AvgIpc) is 2.16. The molecule has 74 valence electrons. The number of carboxylic acids is 1. The Morgan fingerprint density at radius 3 is 2.86 bits per heavy atom. The first-order valence-corrected chi connectivity index (χ1v) is 3.88. The molecule has 14 heavy (non-hydrogen) atoms. The van der Waals surface area contributed by atoms with Crippen LogP contribution in [0.4, 0.5) is 4.39 Å². The van der Waals surface area contributed by atoms with Crippen LogP contribution in [0.5, 0.6) is 5.75 Å². The Kier molecular flexibility index (Phi) is 3.23. The molecular weight excluding hydrogens is 187 g/mol. The van der Waals surface area contributed by atoms with Gasteiger partial charge in [0.15, 0.2) is 11.6 Å². The standard InChI is InChI=1S/C10H9FO3/c1-14-9-6-7(2-4-8(9)11)3-5-10(12)13/h2-6H,1H3,(H,12,13). The van der Waals surface area contributed by atoms with Crippen molar-refractivity contribution in [1.82, 2.24) is 0 Å². The Hall–Kier alpha value is -1.84. The number of benzene rings is 1. The number of halogens is 1. The van der Waals surface area contributed by atoms with Gasteiger partial charge in [-0.2, -0.15) is 0 Å². The van der Waals surface area contributed by atoms with Crippen LogP contribution in [0.1, 0.15) is 5.56 Å². The van der Waals surface area contributed by atoms with Crippen molar-refractivity contribution in [1.29, 1.82) is 0 Å². The number of carboxylic acid groups (broad SMARTS) is 1. The predicted molar refractivity (Wildman–Crippen MR) is 49.6 cm³/mol. The van der Waals surface area contributed by atoms with Gasteiger partial charge in [0.2, 0.25) is 0 Å². The van der Waals surface area contributed by atoms with E-state index in [1.807, 2.05) is 0 Å². The molecule has 0 fully saturated rings. The van der Waals surface area contributed by atoms with Crippen LogP contribution in [0.25, 0.3) is 6.08 Å². The molecule has 1 aromatic rings. The Bertz CT molecular complexity index is 372. The normalized spacial score (nSPS) is 10.4. The van der Waals surface area contributed by atoms with Gasteiger partial charge in [-0.1, -0.05) is 6.07 Å². The molecule has 0 saturated heterocycles. The summed E-state index contributed by atoms with van der Waals surface area (Å²) >= 11 is 0. The summed E-state index contributed by atoms with van der Waals surface area (Å²) in [4.78, 5) is 10.2. The summed E-state index contributed by atoms with van der Waals surface area (Å²) in [5.41, 5.74) is 0.575. The van der Waals surface area contributed by atoms with E-state index in [0.717, 1.165) is 6.08 Å². The fraction of sp³-hybridized carbons (Fsp3) is 0.100. The first kappa shape index (κ1) is 10.2. The SMILES string of the molecule is COc1cc(C=CC(=O)O)ccc1F. The third-order valence-corrected chi connectivity index (χ3v) is 1.59. The van der Waals surface area contributed by atoms with Gasteiger partial charge in [-0.05, 0) is 23.8 Å². The lowest BCUT2D eigenvalue weighted by molar-refractivity contribution is -0.131. The van der Waals surface area contributed by atoms with Crippen LogP contribution < -0.4 is 4.74 Å². The zero-order valence-electron chi connectivity index (χ0n) is 7.53. The molecule has 0 amide bonds. The monoisotopic (exact) mass is 196 g/mol.